The van der Waals surface area contributed by atoms with E-state index in [1.807, 2.05) is 31.2 Å². The van der Waals surface area contributed by atoms with E-state index in [4.69, 9.17) is 5.11 Å². The number of rotatable bonds is 3. The highest BCUT2D eigenvalue weighted by atomic mass is 32.1. The van der Waals surface area contributed by atoms with Crippen LogP contribution in [0.15, 0.2) is 24.3 Å². The van der Waals surface area contributed by atoms with E-state index in [-0.39, 0.29) is 6.61 Å². The molecule has 0 aliphatic carbocycles. The Morgan fingerprint density at radius 2 is 1.88 bits per heavy atom. The average molecular weight is 264 g/mol. The van der Waals surface area contributed by atoms with Crippen LogP contribution in [0.25, 0.3) is 9.75 Å². The highest BCUT2D eigenvalue weighted by Gasteiger charge is 2.11. The molecule has 4 heteroatoms. The van der Waals surface area contributed by atoms with Gasteiger partial charge in [-0.25, -0.2) is 0 Å². The maximum Gasteiger partial charge on any atom is 0.111 e. The fourth-order valence-corrected chi connectivity index (χ4v) is 3.40. The van der Waals surface area contributed by atoms with Crippen LogP contribution >= 0.6 is 22.7 Å². The second kappa shape index (κ2) is 5.48. The largest absolute Gasteiger partial charge is 0.393 e. The Labute approximate surface area is 108 Å². The average Bonchev–Trinajstić information content (AvgIpc) is 2.96. The molecule has 2 aromatic heterocycles. The van der Waals surface area contributed by atoms with Gasteiger partial charge in [-0.3, -0.25) is 0 Å². The number of thiophene rings is 2. The number of hydrogen-bond donors (Lipinski definition) is 2. The summed E-state index contributed by atoms with van der Waals surface area (Å²) in [5.74, 6) is 5.89. The first-order valence-corrected chi connectivity index (χ1v) is 6.79. The van der Waals surface area contributed by atoms with Gasteiger partial charge in [0.2, 0.25) is 0 Å². The zero-order valence-electron chi connectivity index (χ0n) is 9.30. The maximum atomic E-state index is 9.52. The maximum absolute atomic E-state index is 9.52. The molecule has 0 aromatic carbocycles. The van der Waals surface area contributed by atoms with Crippen molar-refractivity contribution in [3.05, 3.63) is 34.0 Å². The van der Waals surface area contributed by atoms with E-state index in [9.17, 15) is 5.11 Å². The predicted molar refractivity (Wildman–Crippen MR) is 72.2 cm³/mol. The molecular weight excluding hydrogens is 252 g/mol. The Bertz CT molecular complexity index is 557. The third kappa shape index (κ3) is 2.76. The van der Waals surface area contributed by atoms with E-state index in [1.54, 1.807) is 11.3 Å². The summed E-state index contributed by atoms with van der Waals surface area (Å²) in [5.41, 5.74) is 0. The molecule has 0 bridgehead atoms. The molecule has 0 aliphatic rings. The molecule has 88 valence electrons. The summed E-state index contributed by atoms with van der Waals surface area (Å²) in [7, 11) is 0. The van der Waals surface area contributed by atoms with Crippen LogP contribution in [-0.4, -0.2) is 16.8 Å². The van der Waals surface area contributed by atoms with E-state index >= 15 is 0 Å². The second-order valence-electron chi connectivity index (χ2n) is 3.44. The normalized spacial score (nSPS) is 11.9. The number of aliphatic hydroxyl groups is 2. The molecule has 2 rings (SSSR count). The van der Waals surface area contributed by atoms with Crippen LogP contribution in [0.5, 0.6) is 0 Å². The molecule has 0 fully saturated rings. The van der Waals surface area contributed by atoms with E-state index in [2.05, 4.69) is 11.8 Å². The molecule has 1 unspecified atom stereocenters. The van der Waals surface area contributed by atoms with Gasteiger partial charge in [0.1, 0.15) is 6.10 Å². The van der Waals surface area contributed by atoms with E-state index in [0.717, 1.165) is 19.5 Å². The zero-order chi connectivity index (χ0) is 12.3. The standard InChI is InChI=1S/C13H12O2S2/c1-2-3-9-4-5-12(16-9)13-7-6-11(17-13)10(15)8-14/h4-7,10,14-15H,8H2,1H3. The van der Waals surface area contributed by atoms with Gasteiger partial charge in [0.05, 0.1) is 11.5 Å². The van der Waals surface area contributed by atoms with Crippen molar-refractivity contribution in [1.29, 1.82) is 0 Å². The zero-order valence-corrected chi connectivity index (χ0v) is 10.9. The molecule has 17 heavy (non-hydrogen) atoms. The van der Waals surface area contributed by atoms with Crippen LogP contribution in [0, 0.1) is 11.8 Å². The fourth-order valence-electron chi connectivity index (χ4n) is 1.42. The lowest BCUT2D eigenvalue weighted by Gasteiger charge is -2.01. The summed E-state index contributed by atoms with van der Waals surface area (Å²) in [5, 5.41) is 18.4. The van der Waals surface area contributed by atoms with Crippen LogP contribution in [0.3, 0.4) is 0 Å². The van der Waals surface area contributed by atoms with Crippen LogP contribution in [0.1, 0.15) is 22.8 Å². The first-order valence-electron chi connectivity index (χ1n) is 5.16. The van der Waals surface area contributed by atoms with Crippen molar-refractivity contribution in [2.75, 3.05) is 6.61 Å². The predicted octanol–water partition coefficient (Wildman–Crippen LogP) is 2.87. The summed E-state index contributed by atoms with van der Waals surface area (Å²) >= 11 is 3.14. The van der Waals surface area contributed by atoms with Crippen molar-refractivity contribution < 1.29 is 10.2 Å². The van der Waals surface area contributed by atoms with Crippen LogP contribution in [0.4, 0.5) is 0 Å². The van der Waals surface area contributed by atoms with E-state index < -0.39 is 6.10 Å². The van der Waals surface area contributed by atoms with Gasteiger partial charge in [0, 0.05) is 14.6 Å². The second-order valence-corrected chi connectivity index (χ2v) is 5.64. The van der Waals surface area contributed by atoms with Crippen molar-refractivity contribution >= 4 is 22.7 Å². The molecule has 0 amide bonds. The lowest BCUT2D eigenvalue weighted by molar-refractivity contribution is 0.0984. The van der Waals surface area contributed by atoms with Crippen molar-refractivity contribution in [3.63, 3.8) is 0 Å². The molecule has 0 radical (unpaired) electrons. The van der Waals surface area contributed by atoms with Gasteiger partial charge in [-0.15, -0.1) is 28.6 Å². The summed E-state index contributed by atoms with van der Waals surface area (Å²) in [6.45, 7) is 1.58. The van der Waals surface area contributed by atoms with Gasteiger partial charge in [0.15, 0.2) is 0 Å². The molecule has 2 N–H and O–H groups in total. The first kappa shape index (κ1) is 12.3. The molecule has 0 spiro atoms. The van der Waals surface area contributed by atoms with Crippen molar-refractivity contribution in [1.82, 2.24) is 0 Å². The van der Waals surface area contributed by atoms with Gasteiger partial charge in [-0.1, -0.05) is 5.92 Å². The minimum Gasteiger partial charge on any atom is -0.393 e. The Morgan fingerprint density at radius 1 is 1.18 bits per heavy atom. The molecule has 2 nitrogen and oxygen atoms in total. The van der Waals surface area contributed by atoms with E-state index in [0.29, 0.717) is 0 Å². The van der Waals surface area contributed by atoms with Crippen molar-refractivity contribution in [3.8, 4) is 21.6 Å². The molecule has 0 saturated carbocycles. The molecule has 1 atom stereocenters. The third-order valence-electron chi connectivity index (χ3n) is 2.23. The molecule has 0 saturated heterocycles. The van der Waals surface area contributed by atoms with E-state index in [1.165, 1.54) is 11.3 Å². The van der Waals surface area contributed by atoms with Gasteiger partial charge in [-0.05, 0) is 31.2 Å². The Kier molecular flexibility index (Phi) is 3.97. The summed E-state index contributed by atoms with van der Waals surface area (Å²) in [6.07, 6.45) is -0.774. The smallest absolute Gasteiger partial charge is 0.111 e. The minimum absolute atomic E-state index is 0.239. The minimum atomic E-state index is -0.774. The summed E-state index contributed by atoms with van der Waals surface area (Å²) < 4.78 is 0. The monoisotopic (exact) mass is 264 g/mol. The molecule has 2 aromatic rings. The SMILES string of the molecule is CC#Cc1ccc(-c2ccc(C(O)CO)s2)s1. The molecular formula is C13H12O2S2. The Morgan fingerprint density at radius 3 is 2.59 bits per heavy atom. The highest BCUT2D eigenvalue weighted by molar-refractivity contribution is 7.22. The van der Waals surface area contributed by atoms with Crippen LogP contribution in [-0.2, 0) is 0 Å². The Hall–Kier alpha value is -1.12. The summed E-state index contributed by atoms with van der Waals surface area (Å²) in [4.78, 5) is 4.07. The lowest BCUT2D eigenvalue weighted by Crippen LogP contribution is -1.98. The number of hydrogen-bond acceptors (Lipinski definition) is 4. The lowest BCUT2D eigenvalue weighted by atomic mass is 10.3. The first-order chi connectivity index (χ1) is 8.24. The van der Waals surface area contributed by atoms with Gasteiger partial charge >= 0.3 is 0 Å². The number of aliphatic hydroxyl groups excluding tert-OH is 2. The highest BCUT2D eigenvalue weighted by Crippen LogP contribution is 2.35. The Balaban J connectivity index is 2.26. The molecule has 0 aliphatic heterocycles. The van der Waals surface area contributed by atoms with Crippen LogP contribution < -0.4 is 0 Å². The van der Waals surface area contributed by atoms with Gasteiger partial charge < -0.3 is 10.2 Å². The quantitative estimate of drug-likeness (QED) is 0.837. The fraction of sp³-hybridized carbons (Fsp3) is 0.231. The topological polar surface area (TPSA) is 40.5 Å². The van der Waals surface area contributed by atoms with Gasteiger partial charge in [0.25, 0.3) is 0 Å². The van der Waals surface area contributed by atoms with Crippen molar-refractivity contribution in [2.45, 2.75) is 13.0 Å². The summed E-state index contributed by atoms with van der Waals surface area (Å²) in [6, 6.07) is 7.85. The van der Waals surface area contributed by atoms with Crippen LogP contribution in [0.2, 0.25) is 0 Å². The van der Waals surface area contributed by atoms with Gasteiger partial charge in [-0.2, -0.15) is 0 Å². The molecule has 2 heterocycles. The third-order valence-corrected chi connectivity index (χ3v) is 4.61. The van der Waals surface area contributed by atoms with Crippen molar-refractivity contribution in [2.24, 2.45) is 0 Å².